The SMILES string of the molecule is Cn1cc(/C=C/C(=O)N2CCOC(c3ccc(F)cc3)C2)c(=O)n(C)c1=O. The summed E-state index contributed by atoms with van der Waals surface area (Å²) >= 11 is 0. The van der Waals surface area contributed by atoms with Gasteiger partial charge in [-0.3, -0.25) is 14.2 Å². The van der Waals surface area contributed by atoms with Gasteiger partial charge in [-0.05, 0) is 23.8 Å². The Balaban J connectivity index is 1.74. The minimum Gasteiger partial charge on any atom is -0.370 e. The standard InChI is InChI=1S/C19H20FN3O4/c1-21-11-14(18(25)22(2)19(21)26)5-8-17(24)23-9-10-27-16(12-23)13-3-6-15(20)7-4-13/h3-8,11,16H,9-10,12H2,1-2H3/b8-5+. The molecule has 1 fully saturated rings. The lowest BCUT2D eigenvalue weighted by Crippen LogP contribution is -2.41. The summed E-state index contributed by atoms with van der Waals surface area (Å²) in [4.78, 5) is 37.9. The van der Waals surface area contributed by atoms with E-state index in [1.165, 1.54) is 49.1 Å². The molecule has 1 aliphatic rings. The first-order valence-electron chi connectivity index (χ1n) is 8.47. The van der Waals surface area contributed by atoms with Crippen molar-refractivity contribution in [3.05, 3.63) is 74.3 Å². The van der Waals surface area contributed by atoms with Gasteiger partial charge in [-0.15, -0.1) is 0 Å². The van der Waals surface area contributed by atoms with Crippen LogP contribution in [0.1, 0.15) is 17.2 Å². The van der Waals surface area contributed by atoms with E-state index < -0.39 is 11.2 Å². The highest BCUT2D eigenvalue weighted by Gasteiger charge is 2.24. The minimum atomic E-state index is -0.465. The van der Waals surface area contributed by atoms with Crippen molar-refractivity contribution in [2.75, 3.05) is 19.7 Å². The van der Waals surface area contributed by atoms with Crippen LogP contribution in [-0.4, -0.2) is 39.6 Å². The van der Waals surface area contributed by atoms with Gasteiger partial charge in [0.2, 0.25) is 5.91 Å². The highest BCUT2D eigenvalue weighted by molar-refractivity contribution is 5.91. The molecule has 0 aliphatic carbocycles. The molecule has 2 heterocycles. The molecule has 1 saturated heterocycles. The van der Waals surface area contributed by atoms with Gasteiger partial charge >= 0.3 is 5.69 Å². The molecule has 1 amide bonds. The second-order valence-corrected chi connectivity index (χ2v) is 6.37. The fourth-order valence-electron chi connectivity index (χ4n) is 2.95. The molecule has 0 radical (unpaired) electrons. The van der Waals surface area contributed by atoms with Crippen LogP contribution in [-0.2, 0) is 23.6 Å². The third-order valence-corrected chi connectivity index (χ3v) is 4.50. The summed E-state index contributed by atoms with van der Waals surface area (Å²) in [6.45, 7) is 1.12. The molecule has 27 heavy (non-hydrogen) atoms. The zero-order valence-electron chi connectivity index (χ0n) is 15.1. The van der Waals surface area contributed by atoms with Gasteiger partial charge in [-0.25, -0.2) is 9.18 Å². The molecule has 1 unspecified atom stereocenters. The quantitative estimate of drug-likeness (QED) is 0.748. The van der Waals surface area contributed by atoms with Crippen molar-refractivity contribution in [3.63, 3.8) is 0 Å². The van der Waals surface area contributed by atoms with Crippen molar-refractivity contribution in [1.29, 1.82) is 0 Å². The number of rotatable bonds is 3. The Bertz CT molecular complexity index is 991. The van der Waals surface area contributed by atoms with Gasteiger partial charge in [-0.1, -0.05) is 12.1 Å². The summed E-state index contributed by atoms with van der Waals surface area (Å²) < 4.78 is 21.0. The van der Waals surface area contributed by atoms with Crippen molar-refractivity contribution in [1.82, 2.24) is 14.0 Å². The van der Waals surface area contributed by atoms with Gasteiger partial charge in [0, 0.05) is 32.9 Å². The molecule has 0 saturated carbocycles. The fraction of sp³-hybridized carbons (Fsp3) is 0.316. The van der Waals surface area contributed by atoms with Crippen LogP contribution in [0.3, 0.4) is 0 Å². The number of amides is 1. The molecule has 1 atom stereocenters. The van der Waals surface area contributed by atoms with Crippen LogP contribution in [0.5, 0.6) is 0 Å². The number of benzene rings is 1. The van der Waals surface area contributed by atoms with Crippen LogP contribution in [0.25, 0.3) is 6.08 Å². The average molecular weight is 373 g/mol. The highest BCUT2D eigenvalue weighted by Crippen LogP contribution is 2.22. The summed E-state index contributed by atoms with van der Waals surface area (Å²) in [5.74, 6) is -0.592. The maximum atomic E-state index is 13.1. The van der Waals surface area contributed by atoms with Crippen LogP contribution >= 0.6 is 0 Å². The van der Waals surface area contributed by atoms with E-state index in [1.807, 2.05) is 0 Å². The lowest BCUT2D eigenvalue weighted by Gasteiger charge is -2.32. The number of nitrogens with zero attached hydrogens (tertiary/aromatic N) is 3. The van der Waals surface area contributed by atoms with E-state index in [-0.39, 0.29) is 23.4 Å². The van der Waals surface area contributed by atoms with E-state index >= 15 is 0 Å². The second kappa shape index (κ2) is 7.71. The van der Waals surface area contributed by atoms with E-state index in [9.17, 15) is 18.8 Å². The van der Waals surface area contributed by atoms with Gasteiger partial charge in [-0.2, -0.15) is 0 Å². The Labute approximate surface area is 154 Å². The normalized spacial score (nSPS) is 17.4. The van der Waals surface area contributed by atoms with E-state index in [1.54, 1.807) is 17.0 Å². The Morgan fingerprint density at radius 2 is 1.93 bits per heavy atom. The van der Waals surface area contributed by atoms with Crippen LogP contribution < -0.4 is 11.2 Å². The minimum absolute atomic E-state index is 0.247. The number of carbonyl (C=O) groups excluding carboxylic acids is 1. The zero-order valence-corrected chi connectivity index (χ0v) is 15.1. The molecule has 2 aromatic rings. The first kappa shape index (κ1) is 18.8. The van der Waals surface area contributed by atoms with Crippen molar-refractivity contribution in [2.45, 2.75) is 6.10 Å². The molecule has 1 aromatic heterocycles. The summed E-state index contributed by atoms with van der Waals surface area (Å²) in [6.07, 6.45) is 3.79. The Hall–Kier alpha value is -3.00. The number of carbonyl (C=O) groups is 1. The molecule has 8 heteroatoms. The molecule has 0 bridgehead atoms. The summed E-state index contributed by atoms with van der Waals surface area (Å²) in [5, 5.41) is 0. The predicted octanol–water partition coefficient (Wildman–Crippen LogP) is 0.836. The number of hydrogen-bond donors (Lipinski definition) is 0. The van der Waals surface area contributed by atoms with Gasteiger partial charge in [0.25, 0.3) is 5.56 Å². The number of aromatic nitrogens is 2. The van der Waals surface area contributed by atoms with Crippen molar-refractivity contribution >= 4 is 12.0 Å². The van der Waals surface area contributed by atoms with E-state index in [0.717, 1.165) is 10.1 Å². The first-order chi connectivity index (χ1) is 12.9. The fourth-order valence-corrected chi connectivity index (χ4v) is 2.95. The molecule has 7 nitrogen and oxygen atoms in total. The summed E-state index contributed by atoms with van der Waals surface area (Å²) in [6, 6.07) is 5.99. The molecular formula is C19H20FN3O4. The van der Waals surface area contributed by atoms with Crippen molar-refractivity contribution in [3.8, 4) is 0 Å². The zero-order chi connectivity index (χ0) is 19.6. The summed E-state index contributed by atoms with van der Waals surface area (Å²) in [7, 11) is 2.93. The van der Waals surface area contributed by atoms with Crippen LogP contribution in [0.2, 0.25) is 0 Å². The molecule has 0 spiro atoms. The predicted molar refractivity (Wildman–Crippen MR) is 97.6 cm³/mol. The Morgan fingerprint density at radius 3 is 2.63 bits per heavy atom. The van der Waals surface area contributed by atoms with Gasteiger partial charge < -0.3 is 14.2 Å². The summed E-state index contributed by atoms with van der Waals surface area (Å²) in [5.41, 5.74) is 0.146. The molecular weight excluding hydrogens is 353 g/mol. The molecule has 1 aliphatic heterocycles. The lowest BCUT2D eigenvalue weighted by molar-refractivity contribution is -0.133. The monoisotopic (exact) mass is 373 g/mol. The van der Waals surface area contributed by atoms with E-state index in [4.69, 9.17) is 4.74 Å². The number of hydrogen-bond acceptors (Lipinski definition) is 4. The Kier molecular flexibility index (Phi) is 5.36. The number of halogens is 1. The first-order valence-corrected chi connectivity index (χ1v) is 8.47. The number of morpholine rings is 1. The van der Waals surface area contributed by atoms with Gasteiger partial charge in [0.1, 0.15) is 11.9 Å². The molecule has 3 rings (SSSR count). The molecule has 1 aromatic carbocycles. The van der Waals surface area contributed by atoms with Crippen molar-refractivity contribution < 1.29 is 13.9 Å². The van der Waals surface area contributed by atoms with Gasteiger partial charge in [0.05, 0.1) is 18.7 Å². The number of ether oxygens (including phenoxy) is 1. The lowest BCUT2D eigenvalue weighted by atomic mass is 10.1. The highest BCUT2D eigenvalue weighted by atomic mass is 19.1. The maximum absolute atomic E-state index is 13.1. The molecule has 0 N–H and O–H groups in total. The number of aryl methyl sites for hydroxylation is 1. The largest absolute Gasteiger partial charge is 0.370 e. The topological polar surface area (TPSA) is 73.5 Å². The average Bonchev–Trinajstić information content (AvgIpc) is 2.68. The van der Waals surface area contributed by atoms with E-state index in [2.05, 4.69) is 0 Å². The molecule has 142 valence electrons. The van der Waals surface area contributed by atoms with Crippen LogP contribution in [0.15, 0.2) is 46.1 Å². The van der Waals surface area contributed by atoms with Crippen LogP contribution in [0, 0.1) is 5.82 Å². The van der Waals surface area contributed by atoms with Crippen LogP contribution in [0.4, 0.5) is 4.39 Å². The second-order valence-electron chi connectivity index (χ2n) is 6.37. The maximum Gasteiger partial charge on any atom is 0.330 e. The van der Waals surface area contributed by atoms with Gasteiger partial charge in [0.15, 0.2) is 0 Å². The third kappa shape index (κ3) is 4.06. The Morgan fingerprint density at radius 1 is 1.22 bits per heavy atom. The smallest absolute Gasteiger partial charge is 0.330 e. The van der Waals surface area contributed by atoms with Crippen molar-refractivity contribution in [2.24, 2.45) is 14.1 Å². The van der Waals surface area contributed by atoms with E-state index in [0.29, 0.717) is 19.7 Å². The third-order valence-electron chi connectivity index (χ3n) is 4.50.